The third-order valence-corrected chi connectivity index (χ3v) is 4.62. The van der Waals surface area contributed by atoms with Crippen LogP contribution in [0.4, 0.5) is 0 Å². The van der Waals surface area contributed by atoms with E-state index in [0.29, 0.717) is 5.05 Å². The van der Waals surface area contributed by atoms with Crippen LogP contribution in [0.5, 0.6) is 0 Å². The van der Waals surface area contributed by atoms with Crippen LogP contribution in [-0.2, 0) is 10.3 Å². The van der Waals surface area contributed by atoms with Crippen molar-refractivity contribution < 1.29 is 4.74 Å². The summed E-state index contributed by atoms with van der Waals surface area (Å²) in [7, 11) is 0. The molecule has 0 amide bonds. The molecule has 0 aromatic heterocycles. The molecule has 0 radical (unpaired) electrons. The summed E-state index contributed by atoms with van der Waals surface area (Å²) in [6, 6.07) is 30.0. The van der Waals surface area contributed by atoms with E-state index in [1.54, 1.807) is 0 Å². The molecule has 25 heavy (non-hydrogen) atoms. The smallest absolute Gasteiger partial charge is 0.185 e. The van der Waals surface area contributed by atoms with Gasteiger partial charge in [-0.05, 0) is 19.1 Å². The molecule has 3 aromatic rings. The summed E-state index contributed by atoms with van der Waals surface area (Å²) < 4.78 is 6.46. The average Bonchev–Trinajstić information content (AvgIpc) is 2.68. The Kier molecular flexibility index (Phi) is 5.27. The highest BCUT2D eigenvalue weighted by Crippen LogP contribution is 2.40. The highest BCUT2D eigenvalue weighted by atomic mass is 32.1. The average molecular weight is 347 g/mol. The monoisotopic (exact) mass is 347 g/mol. The number of rotatable bonds is 5. The van der Waals surface area contributed by atoms with Gasteiger partial charge in [-0.2, -0.15) is 0 Å². The summed E-state index contributed by atoms with van der Waals surface area (Å²) in [4.78, 5) is 0. The first-order chi connectivity index (χ1) is 12.1. The van der Waals surface area contributed by atoms with Gasteiger partial charge in [0.1, 0.15) is 0 Å². The van der Waals surface area contributed by atoms with E-state index in [-0.39, 0.29) is 6.04 Å². The van der Waals surface area contributed by atoms with Crippen molar-refractivity contribution in [2.45, 2.75) is 18.6 Å². The molecule has 2 nitrogen and oxygen atoms in total. The van der Waals surface area contributed by atoms with Gasteiger partial charge in [0.2, 0.25) is 0 Å². The molecule has 0 unspecified atom stereocenters. The molecule has 0 aliphatic rings. The van der Waals surface area contributed by atoms with Gasteiger partial charge in [0.05, 0.1) is 6.04 Å². The lowest BCUT2D eigenvalue weighted by molar-refractivity contribution is 0.140. The number of nitrogens with two attached hydrogens (primary N) is 1. The van der Waals surface area contributed by atoms with Crippen LogP contribution in [0.2, 0.25) is 0 Å². The van der Waals surface area contributed by atoms with Gasteiger partial charge in [-0.25, -0.2) is 0 Å². The Morgan fingerprint density at radius 2 is 1.08 bits per heavy atom. The van der Waals surface area contributed by atoms with Crippen LogP contribution >= 0.6 is 12.2 Å². The SMILES string of the molecule is C[C@H](N)C(=S)OC(c1ccccc1)(c1ccccc1)c1ccccc1. The minimum absolute atomic E-state index is 0.342. The third-order valence-electron chi connectivity index (χ3n) is 4.17. The largest absolute Gasteiger partial charge is 0.465 e. The number of benzene rings is 3. The van der Waals surface area contributed by atoms with Crippen molar-refractivity contribution in [3.63, 3.8) is 0 Å². The zero-order chi connectivity index (χ0) is 17.7. The van der Waals surface area contributed by atoms with Crippen LogP contribution in [0.1, 0.15) is 23.6 Å². The van der Waals surface area contributed by atoms with Gasteiger partial charge in [-0.3, -0.25) is 0 Å². The second kappa shape index (κ2) is 7.60. The summed E-state index contributed by atoms with van der Waals surface area (Å²) in [6.45, 7) is 1.84. The molecule has 0 bridgehead atoms. The quantitative estimate of drug-likeness (QED) is 0.538. The lowest BCUT2D eigenvalue weighted by atomic mass is 9.80. The van der Waals surface area contributed by atoms with Gasteiger partial charge in [0.15, 0.2) is 10.7 Å². The van der Waals surface area contributed by atoms with Crippen molar-refractivity contribution in [1.29, 1.82) is 0 Å². The molecule has 0 saturated carbocycles. The molecule has 0 heterocycles. The van der Waals surface area contributed by atoms with E-state index in [1.807, 2.05) is 61.5 Å². The Labute approximate surface area is 154 Å². The molecule has 0 aliphatic heterocycles. The fraction of sp³-hybridized carbons (Fsp3) is 0.136. The van der Waals surface area contributed by atoms with Gasteiger partial charge < -0.3 is 10.5 Å². The highest BCUT2D eigenvalue weighted by Gasteiger charge is 2.39. The molecule has 3 rings (SSSR count). The van der Waals surface area contributed by atoms with Crippen molar-refractivity contribution in [2.75, 3.05) is 0 Å². The summed E-state index contributed by atoms with van der Waals surface area (Å²) in [5.74, 6) is 0. The Balaban J connectivity index is 2.29. The van der Waals surface area contributed by atoms with Crippen molar-refractivity contribution >= 4 is 17.3 Å². The number of hydrogen-bond donors (Lipinski definition) is 1. The van der Waals surface area contributed by atoms with E-state index in [4.69, 9.17) is 22.7 Å². The molecule has 2 N–H and O–H groups in total. The van der Waals surface area contributed by atoms with Crippen molar-refractivity contribution in [1.82, 2.24) is 0 Å². The van der Waals surface area contributed by atoms with Crippen molar-refractivity contribution in [2.24, 2.45) is 5.73 Å². The van der Waals surface area contributed by atoms with Crippen molar-refractivity contribution in [3.8, 4) is 0 Å². The number of thiocarbonyl (C=S) groups is 1. The predicted molar refractivity (Wildman–Crippen MR) is 107 cm³/mol. The van der Waals surface area contributed by atoms with Gasteiger partial charge in [0, 0.05) is 16.7 Å². The zero-order valence-corrected chi connectivity index (χ0v) is 14.9. The van der Waals surface area contributed by atoms with Gasteiger partial charge in [-0.1, -0.05) is 91.0 Å². The normalized spacial score (nSPS) is 12.4. The molecular weight excluding hydrogens is 326 g/mol. The van der Waals surface area contributed by atoms with E-state index in [9.17, 15) is 0 Å². The highest BCUT2D eigenvalue weighted by molar-refractivity contribution is 7.80. The minimum Gasteiger partial charge on any atom is -0.465 e. The second-order valence-corrected chi connectivity index (χ2v) is 6.39. The lowest BCUT2D eigenvalue weighted by Crippen LogP contribution is -2.39. The molecule has 0 fully saturated rings. The first-order valence-corrected chi connectivity index (χ1v) is 8.70. The van der Waals surface area contributed by atoms with Crippen LogP contribution in [0, 0.1) is 0 Å². The van der Waals surface area contributed by atoms with Crippen molar-refractivity contribution in [3.05, 3.63) is 108 Å². The van der Waals surface area contributed by atoms with Gasteiger partial charge in [0.25, 0.3) is 0 Å². The summed E-state index contributed by atoms with van der Waals surface area (Å²) in [5.41, 5.74) is 8.20. The van der Waals surface area contributed by atoms with Crippen LogP contribution < -0.4 is 5.73 Å². The second-order valence-electron chi connectivity index (χ2n) is 5.99. The fourth-order valence-corrected chi connectivity index (χ4v) is 3.06. The zero-order valence-electron chi connectivity index (χ0n) is 14.1. The van der Waals surface area contributed by atoms with Gasteiger partial charge in [-0.15, -0.1) is 0 Å². The maximum Gasteiger partial charge on any atom is 0.185 e. The van der Waals surface area contributed by atoms with E-state index in [2.05, 4.69) is 36.4 Å². The molecule has 3 heteroatoms. The Hall–Kier alpha value is -2.49. The Morgan fingerprint density at radius 3 is 1.36 bits per heavy atom. The summed E-state index contributed by atoms with van der Waals surface area (Å²) in [6.07, 6.45) is 0. The lowest BCUT2D eigenvalue weighted by Gasteiger charge is -2.37. The molecule has 0 spiro atoms. The van der Waals surface area contributed by atoms with Gasteiger partial charge >= 0.3 is 0 Å². The Bertz CT molecular complexity index is 720. The van der Waals surface area contributed by atoms with E-state index < -0.39 is 5.60 Å². The standard InChI is InChI=1S/C22H21NOS/c1-17(23)21(25)24-22(18-11-5-2-6-12-18,19-13-7-3-8-14-19)20-15-9-4-10-16-20/h2-17H,23H2,1H3/t17-/m0/s1. The van der Waals surface area contributed by atoms with Crippen LogP contribution in [0.3, 0.4) is 0 Å². The number of ether oxygens (including phenoxy) is 1. The van der Waals surface area contributed by atoms with E-state index in [0.717, 1.165) is 16.7 Å². The summed E-state index contributed by atoms with van der Waals surface area (Å²) >= 11 is 5.48. The first-order valence-electron chi connectivity index (χ1n) is 8.29. The molecule has 3 aromatic carbocycles. The fourth-order valence-electron chi connectivity index (χ4n) is 2.94. The van der Waals surface area contributed by atoms with E-state index >= 15 is 0 Å². The minimum atomic E-state index is -0.839. The Morgan fingerprint density at radius 1 is 0.760 bits per heavy atom. The van der Waals surface area contributed by atoms with Crippen LogP contribution in [-0.4, -0.2) is 11.1 Å². The molecule has 126 valence electrons. The molecular formula is C22H21NOS. The molecule has 0 aliphatic carbocycles. The topological polar surface area (TPSA) is 35.2 Å². The first kappa shape index (κ1) is 17.3. The maximum atomic E-state index is 6.46. The summed E-state index contributed by atoms with van der Waals surface area (Å²) in [5, 5.41) is 0.386. The number of hydrogen-bond acceptors (Lipinski definition) is 3. The van der Waals surface area contributed by atoms with Crippen LogP contribution in [0.15, 0.2) is 91.0 Å². The maximum absolute atomic E-state index is 6.46. The van der Waals surface area contributed by atoms with E-state index in [1.165, 1.54) is 0 Å². The molecule has 0 saturated heterocycles. The van der Waals surface area contributed by atoms with Crippen LogP contribution in [0.25, 0.3) is 0 Å². The third kappa shape index (κ3) is 3.48. The predicted octanol–water partition coefficient (Wildman–Crippen LogP) is 4.67. The molecule has 1 atom stereocenters.